The number of nitrogens with one attached hydrogen (secondary N) is 2. The highest BCUT2D eigenvalue weighted by molar-refractivity contribution is 5.81. The molecule has 0 spiro atoms. The van der Waals surface area contributed by atoms with Crippen LogP contribution in [-0.2, 0) is 6.42 Å². The van der Waals surface area contributed by atoms with Gasteiger partial charge in [-0.25, -0.2) is 4.98 Å². The molecule has 29 heavy (non-hydrogen) atoms. The summed E-state index contributed by atoms with van der Waals surface area (Å²) in [6.07, 6.45) is 2.52. The lowest BCUT2D eigenvalue weighted by Gasteiger charge is -2.11. The van der Waals surface area contributed by atoms with E-state index in [1.165, 1.54) is 0 Å². The van der Waals surface area contributed by atoms with Crippen LogP contribution in [0, 0.1) is 0 Å². The molecule has 2 aromatic carbocycles. The lowest BCUT2D eigenvalue weighted by atomic mass is 10.1. The van der Waals surface area contributed by atoms with E-state index >= 15 is 0 Å². The van der Waals surface area contributed by atoms with E-state index in [2.05, 4.69) is 42.2 Å². The highest BCUT2D eigenvalue weighted by Crippen LogP contribution is 2.35. The highest BCUT2D eigenvalue weighted by Gasteiger charge is 2.23. The molecule has 0 radical (unpaired) electrons. The Morgan fingerprint density at radius 1 is 1.10 bits per heavy atom. The third-order valence-corrected chi connectivity index (χ3v) is 4.75. The summed E-state index contributed by atoms with van der Waals surface area (Å²) in [7, 11) is 1.68. The van der Waals surface area contributed by atoms with Crippen molar-refractivity contribution in [2.75, 3.05) is 24.3 Å². The first kappa shape index (κ1) is 17.1. The molecule has 2 N–H and O–H groups in total. The van der Waals surface area contributed by atoms with Crippen molar-refractivity contribution >= 4 is 17.5 Å². The quantitative estimate of drug-likeness (QED) is 0.475. The number of methoxy groups -OCH3 is 1. The maximum Gasteiger partial charge on any atom is 0.224 e. The molecular weight excluding hydrogens is 368 g/mol. The summed E-state index contributed by atoms with van der Waals surface area (Å²) in [5.74, 6) is 2.66. The average molecular weight is 386 g/mol. The Bertz CT molecular complexity index is 1170. The Morgan fingerprint density at radius 3 is 2.90 bits per heavy atom. The molecule has 144 valence electrons. The minimum atomic E-state index is 0.532. The van der Waals surface area contributed by atoms with Crippen LogP contribution in [0.2, 0.25) is 0 Å². The number of aromatic nitrogens is 6. The summed E-state index contributed by atoms with van der Waals surface area (Å²) in [6.45, 7) is 0.674. The average Bonchev–Trinajstić information content (AvgIpc) is 3.19. The fourth-order valence-electron chi connectivity index (χ4n) is 3.35. The van der Waals surface area contributed by atoms with Crippen LogP contribution in [-0.4, -0.2) is 43.8 Å². The largest absolute Gasteiger partial charge is 0.496 e. The van der Waals surface area contributed by atoms with Crippen LogP contribution in [0.3, 0.4) is 0 Å². The van der Waals surface area contributed by atoms with Crippen molar-refractivity contribution in [3.8, 4) is 22.8 Å². The molecule has 3 heterocycles. The van der Waals surface area contributed by atoms with Crippen molar-refractivity contribution < 1.29 is 4.74 Å². The molecule has 0 atom stereocenters. The van der Waals surface area contributed by atoms with E-state index in [0.29, 0.717) is 24.1 Å². The van der Waals surface area contributed by atoms with Crippen molar-refractivity contribution in [3.63, 3.8) is 0 Å². The van der Waals surface area contributed by atoms with Crippen LogP contribution < -0.4 is 15.4 Å². The minimum absolute atomic E-state index is 0.532. The Labute approximate surface area is 166 Å². The number of rotatable bonds is 5. The van der Waals surface area contributed by atoms with Gasteiger partial charge in [0.25, 0.3) is 0 Å². The Kier molecular flexibility index (Phi) is 4.24. The number of benzene rings is 2. The van der Waals surface area contributed by atoms with Gasteiger partial charge in [-0.05, 0) is 40.6 Å². The van der Waals surface area contributed by atoms with Gasteiger partial charge in [0, 0.05) is 12.7 Å². The van der Waals surface area contributed by atoms with Gasteiger partial charge in [0.15, 0.2) is 5.82 Å². The maximum absolute atomic E-state index is 5.41. The first-order valence-electron chi connectivity index (χ1n) is 9.21. The van der Waals surface area contributed by atoms with Gasteiger partial charge >= 0.3 is 0 Å². The van der Waals surface area contributed by atoms with E-state index in [-0.39, 0.29) is 0 Å². The number of para-hydroxylation sites is 3. The minimum Gasteiger partial charge on any atom is -0.496 e. The molecule has 4 aromatic rings. The van der Waals surface area contributed by atoms with Crippen molar-refractivity contribution in [2.45, 2.75) is 6.42 Å². The molecule has 0 saturated carbocycles. The van der Waals surface area contributed by atoms with Crippen molar-refractivity contribution in [1.29, 1.82) is 0 Å². The molecule has 2 aromatic heterocycles. The summed E-state index contributed by atoms with van der Waals surface area (Å²) < 4.78 is 7.09. The number of hydrogen-bond donors (Lipinski definition) is 2. The molecule has 0 aliphatic carbocycles. The van der Waals surface area contributed by atoms with Gasteiger partial charge in [-0.1, -0.05) is 30.3 Å². The monoisotopic (exact) mass is 386 g/mol. The van der Waals surface area contributed by atoms with E-state index in [9.17, 15) is 0 Å². The number of anilines is 3. The molecule has 0 saturated heterocycles. The van der Waals surface area contributed by atoms with Crippen LogP contribution >= 0.6 is 0 Å². The van der Waals surface area contributed by atoms with Crippen molar-refractivity contribution in [3.05, 3.63) is 60.3 Å². The summed E-state index contributed by atoms with van der Waals surface area (Å²) in [5, 5.41) is 18.7. The third kappa shape index (κ3) is 3.12. The second-order valence-corrected chi connectivity index (χ2v) is 6.50. The van der Waals surface area contributed by atoms with Gasteiger partial charge in [0.2, 0.25) is 5.95 Å². The lowest BCUT2D eigenvalue weighted by Crippen LogP contribution is -2.10. The van der Waals surface area contributed by atoms with Crippen molar-refractivity contribution in [1.82, 2.24) is 30.2 Å². The maximum atomic E-state index is 5.41. The van der Waals surface area contributed by atoms with Crippen LogP contribution in [0.25, 0.3) is 17.1 Å². The molecule has 0 unspecified atom stereocenters. The first-order valence-corrected chi connectivity index (χ1v) is 9.21. The SMILES string of the molecule is COc1ccccc1CCNc1ncc2c(n1)Nc1ccccc1-n1nnnc1-2. The van der Waals surface area contributed by atoms with Crippen LogP contribution in [0.4, 0.5) is 17.5 Å². The second-order valence-electron chi connectivity index (χ2n) is 6.50. The van der Waals surface area contributed by atoms with Crippen molar-refractivity contribution in [2.24, 2.45) is 0 Å². The Morgan fingerprint density at radius 2 is 1.97 bits per heavy atom. The molecule has 0 amide bonds. The Balaban J connectivity index is 1.41. The van der Waals surface area contributed by atoms with E-state index in [4.69, 9.17) is 4.74 Å². The zero-order chi connectivity index (χ0) is 19.6. The van der Waals surface area contributed by atoms with E-state index < -0.39 is 0 Å². The second kappa shape index (κ2) is 7.19. The smallest absolute Gasteiger partial charge is 0.224 e. The van der Waals surface area contributed by atoms with E-state index in [1.807, 2.05) is 42.5 Å². The van der Waals surface area contributed by atoms with Gasteiger partial charge < -0.3 is 15.4 Å². The molecule has 0 fully saturated rings. The van der Waals surface area contributed by atoms with Gasteiger partial charge in [0.05, 0.1) is 24.0 Å². The van der Waals surface area contributed by atoms with Gasteiger partial charge in [-0.2, -0.15) is 9.67 Å². The number of fused-ring (bicyclic) bond motifs is 5. The summed E-state index contributed by atoms with van der Waals surface area (Å²) in [4.78, 5) is 9.10. The van der Waals surface area contributed by atoms with Crippen LogP contribution in [0.5, 0.6) is 5.75 Å². The first-order chi connectivity index (χ1) is 14.3. The summed E-state index contributed by atoms with van der Waals surface area (Å²) >= 11 is 0. The molecular formula is C20H18N8O. The zero-order valence-electron chi connectivity index (χ0n) is 15.7. The standard InChI is InChI=1S/C20H18N8O/c1-29-17-9-5-2-6-13(17)10-11-21-20-22-12-14-18(24-20)23-15-7-3-4-8-16(15)28-19(14)25-26-27-28/h2-9,12H,10-11H2,1H3,(H2,21,22,23,24). The third-order valence-electron chi connectivity index (χ3n) is 4.75. The molecule has 9 nitrogen and oxygen atoms in total. The number of tetrazole rings is 1. The lowest BCUT2D eigenvalue weighted by molar-refractivity contribution is 0.410. The zero-order valence-corrected chi connectivity index (χ0v) is 15.7. The molecule has 9 heteroatoms. The van der Waals surface area contributed by atoms with Crippen LogP contribution in [0.1, 0.15) is 5.56 Å². The fourth-order valence-corrected chi connectivity index (χ4v) is 3.35. The topological polar surface area (TPSA) is 103 Å². The number of ether oxygens (including phenoxy) is 1. The van der Waals surface area contributed by atoms with Crippen LogP contribution in [0.15, 0.2) is 54.7 Å². The van der Waals surface area contributed by atoms with Gasteiger partial charge in [0.1, 0.15) is 11.6 Å². The predicted molar refractivity (Wildman–Crippen MR) is 109 cm³/mol. The van der Waals surface area contributed by atoms with E-state index in [0.717, 1.165) is 34.7 Å². The van der Waals surface area contributed by atoms with Gasteiger partial charge in [-0.3, -0.25) is 0 Å². The van der Waals surface area contributed by atoms with Gasteiger partial charge in [-0.15, -0.1) is 5.10 Å². The predicted octanol–water partition coefficient (Wildman–Crippen LogP) is 2.84. The summed E-state index contributed by atoms with van der Waals surface area (Å²) in [6, 6.07) is 15.8. The summed E-state index contributed by atoms with van der Waals surface area (Å²) in [5.41, 5.74) is 3.60. The number of nitrogens with zero attached hydrogens (tertiary/aromatic N) is 6. The molecule has 5 rings (SSSR count). The van der Waals surface area contributed by atoms with E-state index in [1.54, 1.807) is 18.0 Å². The molecule has 1 aliphatic heterocycles. The number of hydrogen-bond acceptors (Lipinski definition) is 8. The fraction of sp³-hybridized carbons (Fsp3) is 0.150. The normalized spacial score (nSPS) is 11.5. The Hall–Kier alpha value is -4.01. The molecule has 0 bridgehead atoms. The highest BCUT2D eigenvalue weighted by atomic mass is 16.5. The molecule has 1 aliphatic rings.